The first-order chi connectivity index (χ1) is 19.0. The van der Waals surface area contributed by atoms with E-state index < -0.39 is 5.97 Å². The van der Waals surface area contributed by atoms with Gasteiger partial charge in [0, 0.05) is 37.7 Å². The molecule has 0 aliphatic carbocycles. The minimum Gasteiger partial charge on any atom is -0.618 e. The zero-order valence-electron chi connectivity index (χ0n) is 22.1. The fourth-order valence-corrected chi connectivity index (χ4v) is 4.49. The maximum absolute atomic E-state index is 13.0. The summed E-state index contributed by atoms with van der Waals surface area (Å²) in [5, 5.41) is 27.1. The van der Waals surface area contributed by atoms with Gasteiger partial charge in [-0.05, 0) is 34.4 Å². The second kappa shape index (κ2) is 11.3. The summed E-state index contributed by atoms with van der Waals surface area (Å²) in [6, 6.07) is 19.6. The molecule has 10 heteroatoms. The van der Waals surface area contributed by atoms with Gasteiger partial charge in [-0.1, -0.05) is 61.9 Å². The minimum atomic E-state index is -0.569. The van der Waals surface area contributed by atoms with Crippen LogP contribution >= 0.6 is 0 Å². The number of aryl methyl sites for hydroxylation is 2. The summed E-state index contributed by atoms with van der Waals surface area (Å²) in [7, 11) is 1.30. The van der Waals surface area contributed by atoms with Crippen molar-refractivity contribution in [3.05, 3.63) is 94.7 Å². The maximum atomic E-state index is 13.0. The van der Waals surface area contributed by atoms with Gasteiger partial charge in [0.2, 0.25) is 5.82 Å². The van der Waals surface area contributed by atoms with Crippen molar-refractivity contribution in [2.24, 2.45) is 0 Å². The number of carbonyl (C=O) groups is 1. The molecular formula is C29H29N7O3. The highest BCUT2D eigenvalue weighted by Gasteiger charge is 2.26. The number of H-pyrrole nitrogens is 1. The predicted octanol–water partition coefficient (Wildman–Crippen LogP) is 4.52. The normalized spacial score (nSPS) is 11.1. The van der Waals surface area contributed by atoms with Gasteiger partial charge in [0.25, 0.3) is 5.69 Å². The SMILES string of the molecule is CCCCc1nc(-c2c(C(=O)OC)ccc(C)[n+]2[O-])cn1Cc1ccc(-c2ccc(-c3nn[nH]n3)cc2)cc1. The van der Waals surface area contributed by atoms with Gasteiger partial charge in [-0.2, -0.15) is 9.94 Å². The Bertz CT molecular complexity index is 1570. The lowest BCUT2D eigenvalue weighted by Crippen LogP contribution is -2.35. The van der Waals surface area contributed by atoms with Crippen molar-refractivity contribution in [3.8, 4) is 33.9 Å². The zero-order valence-corrected chi connectivity index (χ0v) is 22.1. The molecule has 3 heterocycles. The molecule has 5 aromatic rings. The number of benzene rings is 2. The highest BCUT2D eigenvalue weighted by atomic mass is 16.5. The van der Waals surface area contributed by atoms with Crippen LogP contribution in [-0.4, -0.2) is 43.3 Å². The molecular weight excluding hydrogens is 494 g/mol. The molecule has 5 rings (SSSR count). The first-order valence-electron chi connectivity index (χ1n) is 12.8. The number of nitrogens with zero attached hydrogens (tertiary/aromatic N) is 6. The molecule has 0 saturated carbocycles. The number of carbonyl (C=O) groups excluding carboxylic acids is 1. The van der Waals surface area contributed by atoms with Crippen LogP contribution in [0, 0.1) is 12.1 Å². The molecule has 39 heavy (non-hydrogen) atoms. The smallest absolute Gasteiger partial charge is 0.344 e. The Morgan fingerprint density at radius 2 is 1.72 bits per heavy atom. The number of esters is 1. The first kappa shape index (κ1) is 25.8. The van der Waals surface area contributed by atoms with E-state index in [2.05, 4.69) is 56.4 Å². The Balaban J connectivity index is 1.43. The van der Waals surface area contributed by atoms with Gasteiger partial charge in [-0.25, -0.2) is 9.78 Å². The number of pyridine rings is 1. The first-order valence-corrected chi connectivity index (χ1v) is 12.8. The van der Waals surface area contributed by atoms with Crippen molar-refractivity contribution in [3.63, 3.8) is 0 Å². The predicted molar refractivity (Wildman–Crippen MR) is 145 cm³/mol. The molecule has 3 aromatic heterocycles. The van der Waals surface area contributed by atoms with Crippen LogP contribution in [0.2, 0.25) is 0 Å². The van der Waals surface area contributed by atoms with E-state index in [9.17, 15) is 10.0 Å². The molecule has 0 radical (unpaired) electrons. The Morgan fingerprint density at radius 3 is 2.36 bits per heavy atom. The molecule has 1 N–H and O–H groups in total. The number of nitrogens with one attached hydrogen (secondary N) is 1. The molecule has 0 spiro atoms. The second-order valence-corrected chi connectivity index (χ2v) is 9.31. The molecule has 0 fully saturated rings. The molecule has 0 amide bonds. The van der Waals surface area contributed by atoms with E-state index in [4.69, 9.17) is 9.72 Å². The number of hydrogen-bond acceptors (Lipinski definition) is 7. The Morgan fingerprint density at radius 1 is 1.03 bits per heavy atom. The van der Waals surface area contributed by atoms with E-state index >= 15 is 0 Å². The fourth-order valence-electron chi connectivity index (χ4n) is 4.49. The van der Waals surface area contributed by atoms with Crippen molar-refractivity contribution in [2.45, 2.75) is 39.7 Å². The summed E-state index contributed by atoms with van der Waals surface area (Å²) < 4.78 is 7.74. The maximum Gasteiger partial charge on any atom is 0.344 e. The molecule has 2 aromatic carbocycles. The fraction of sp³-hybridized carbons (Fsp3) is 0.241. The molecule has 0 aliphatic heterocycles. The standard InChI is InChI=1S/C29H29N7O3/c1-4-5-6-26-30-25(27-24(29(37)39-3)16-7-19(2)36(27)38)18-35(26)17-20-8-10-21(11-9-20)22-12-14-23(15-13-22)28-31-33-34-32-28/h7-16,18H,4-6,17H2,1-3H3,(H,31,32,33,34). The lowest BCUT2D eigenvalue weighted by atomic mass is 10.0. The van der Waals surface area contributed by atoms with Crippen LogP contribution in [0.15, 0.2) is 66.9 Å². The Labute approximate surface area is 225 Å². The van der Waals surface area contributed by atoms with Gasteiger partial charge in [0.1, 0.15) is 11.4 Å². The molecule has 0 unspecified atom stereocenters. The molecule has 0 bridgehead atoms. The van der Waals surface area contributed by atoms with Crippen LogP contribution in [0.3, 0.4) is 0 Å². The Hall–Kier alpha value is -4.86. The number of unbranched alkanes of at least 4 members (excludes halogenated alkanes) is 1. The molecule has 10 nitrogen and oxygen atoms in total. The van der Waals surface area contributed by atoms with Crippen molar-refractivity contribution in [1.82, 2.24) is 30.2 Å². The topological polar surface area (TPSA) is 126 Å². The largest absolute Gasteiger partial charge is 0.618 e. The van der Waals surface area contributed by atoms with E-state index in [0.29, 0.717) is 23.8 Å². The van der Waals surface area contributed by atoms with Gasteiger partial charge in [0.15, 0.2) is 11.4 Å². The number of imidazole rings is 1. The number of aromatic amines is 1. The van der Waals surface area contributed by atoms with Crippen molar-refractivity contribution in [2.75, 3.05) is 7.11 Å². The number of tetrazole rings is 1. The molecule has 0 saturated heterocycles. The van der Waals surface area contributed by atoms with Gasteiger partial charge in [0.05, 0.1) is 7.11 Å². The van der Waals surface area contributed by atoms with Crippen molar-refractivity contribution >= 4 is 5.97 Å². The third-order valence-electron chi connectivity index (χ3n) is 6.66. The number of hydrogen-bond donors (Lipinski definition) is 1. The van der Waals surface area contributed by atoms with Gasteiger partial charge < -0.3 is 14.5 Å². The van der Waals surface area contributed by atoms with Crippen LogP contribution in [0.5, 0.6) is 0 Å². The van der Waals surface area contributed by atoms with Gasteiger partial charge >= 0.3 is 5.97 Å². The Kier molecular flexibility index (Phi) is 7.44. The summed E-state index contributed by atoms with van der Waals surface area (Å²) in [5.74, 6) is 0.854. The zero-order chi connectivity index (χ0) is 27.4. The second-order valence-electron chi connectivity index (χ2n) is 9.31. The molecule has 198 valence electrons. The van der Waals surface area contributed by atoms with Gasteiger partial charge in [-0.15, -0.1) is 10.2 Å². The summed E-state index contributed by atoms with van der Waals surface area (Å²) in [6.07, 6.45) is 4.59. The number of ether oxygens (including phenoxy) is 1. The number of methoxy groups -OCH3 is 1. The summed E-state index contributed by atoms with van der Waals surface area (Å²) in [5.41, 5.74) is 5.49. The van der Waals surface area contributed by atoms with E-state index in [1.165, 1.54) is 7.11 Å². The van der Waals surface area contributed by atoms with E-state index in [1.807, 2.05) is 30.5 Å². The quantitative estimate of drug-likeness (QED) is 0.171. The summed E-state index contributed by atoms with van der Waals surface area (Å²) >= 11 is 0. The summed E-state index contributed by atoms with van der Waals surface area (Å²) in [6.45, 7) is 4.41. The lowest BCUT2D eigenvalue weighted by molar-refractivity contribution is -0.601. The molecule has 0 aliphatic rings. The van der Waals surface area contributed by atoms with E-state index in [-0.39, 0.29) is 11.3 Å². The number of rotatable bonds is 9. The third-order valence-corrected chi connectivity index (χ3v) is 6.66. The van der Waals surface area contributed by atoms with Crippen molar-refractivity contribution < 1.29 is 14.3 Å². The third kappa shape index (κ3) is 5.40. The highest BCUT2D eigenvalue weighted by Crippen LogP contribution is 2.25. The summed E-state index contributed by atoms with van der Waals surface area (Å²) in [4.78, 5) is 17.2. The van der Waals surface area contributed by atoms with E-state index in [1.54, 1.807) is 19.1 Å². The average Bonchev–Trinajstić information content (AvgIpc) is 3.64. The van der Waals surface area contributed by atoms with E-state index in [0.717, 1.165) is 52.1 Å². The lowest BCUT2D eigenvalue weighted by Gasteiger charge is -2.09. The van der Waals surface area contributed by atoms with Crippen LogP contribution in [0.1, 0.15) is 47.2 Å². The monoisotopic (exact) mass is 523 g/mol. The van der Waals surface area contributed by atoms with Crippen LogP contribution < -0.4 is 4.73 Å². The average molecular weight is 524 g/mol. The van der Waals surface area contributed by atoms with Gasteiger partial charge in [-0.3, -0.25) is 0 Å². The van der Waals surface area contributed by atoms with Crippen LogP contribution in [0.4, 0.5) is 0 Å². The van der Waals surface area contributed by atoms with Crippen LogP contribution in [0.25, 0.3) is 33.9 Å². The van der Waals surface area contributed by atoms with Crippen molar-refractivity contribution in [1.29, 1.82) is 0 Å². The molecule has 0 atom stereocenters. The minimum absolute atomic E-state index is 0.194. The van der Waals surface area contributed by atoms with Crippen LogP contribution in [-0.2, 0) is 17.7 Å². The highest BCUT2D eigenvalue weighted by molar-refractivity contribution is 5.94. The number of aromatic nitrogens is 7.